The number of anilines is 2. The zero-order chi connectivity index (χ0) is 15.8. The van der Waals surface area contributed by atoms with E-state index in [-0.39, 0.29) is 5.91 Å². The van der Waals surface area contributed by atoms with Gasteiger partial charge in [0.05, 0.1) is 5.69 Å². The van der Waals surface area contributed by atoms with Gasteiger partial charge in [0.2, 0.25) is 5.91 Å². The van der Waals surface area contributed by atoms with Crippen molar-refractivity contribution < 1.29 is 4.79 Å². The van der Waals surface area contributed by atoms with Crippen LogP contribution in [-0.4, -0.2) is 15.7 Å². The van der Waals surface area contributed by atoms with Crippen LogP contribution < -0.4 is 11.1 Å². The number of rotatable bonds is 8. The van der Waals surface area contributed by atoms with Gasteiger partial charge in [0.1, 0.15) is 5.82 Å². The molecule has 3 N–H and O–H groups in total. The number of unbranched alkanes of at least 4 members (excludes halogenated alkanes) is 4. The number of hydrogen-bond acceptors (Lipinski definition) is 3. The third-order valence-corrected chi connectivity index (χ3v) is 3.51. The minimum Gasteiger partial charge on any atom is -0.384 e. The normalized spacial score (nSPS) is 10.6. The predicted octanol–water partition coefficient (Wildman–Crippen LogP) is 3.75. The molecule has 5 heteroatoms. The van der Waals surface area contributed by atoms with Crippen molar-refractivity contribution in [2.24, 2.45) is 0 Å². The van der Waals surface area contributed by atoms with Gasteiger partial charge in [0, 0.05) is 12.5 Å². The van der Waals surface area contributed by atoms with Gasteiger partial charge in [-0.2, -0.15) is 0 Å². The Morgan fingerprint density at radius 2 is 1.91 bits per heavy atom. The first-order valence-electron chi connectivity index (χ1n) is 7.91. The van der Waals surface area contributed by atoms with E-state index in [1.165, 1.54) is 19.3 Å². The SMILES string of the molecule is CCCCCCCC(=O)Nc1cc(N)n(-c2ccccc2)n1. The van der Waals surface area contributed by atoms with E-state index in [4.69, 9.17) is 5.73 Å². The molecule has 0 radical (unpaired) electrons. The van der Waals surface area contributed by atoms with Crippen LogP contribution in [0, 0.1) is 0 Å². The van der Waals surface area contributed by atoms with Crippen molar-refractivity contribution in [2.75, 3.05) is 11.1 Å². The molecule has 2 rings (SSSR count). The van der Waals surface area contributed by atoms with E-state index in [0.717, 1.165) is 18.5 Å². The van der Waals surface area contributed by atoms with Crippen LogP contribution in [0.3, 0.4) is 0 Å². The van der Waals surface area contributed by atoms with E-state index in [0.29, 0.717) is 18.1 Å². The second-order valence-electron chi connectivity index (χ2n) is 5.41. The number of hydrogen-bond donors (Lipinski definition) is 2. The Morgan fingerprint density at radius 1 is 1.18 bits per heavy atom. The predicted molar refractivity (Wildman–Crippen MR) is 90.0 cm³/mol. The van der Waals surface area contributed by atoms with Crippen molar-refractivity contribution in [3.8, 4) is 5.69 Å². The van der Waals surface area contributed by atoms with Crippen LogP contribution in [0.15, 0.2) is 36.4 Å². The molecule has 1 aromatic heterocycles. The van der Waals surface area contributed by atoms with E-state index in [1.54, 1.807) is 10.7 Å². The van der Waals surface area contributed by atoms with Gasteiger partial charge < -0.3 is 11.1 Å². The lowest BCUT2D eigenvalue weighted by Crippen LogP contribution is -2.11. The molecule has 1 aromatic carbocycles. The summed E-state index contributed by atoms with van der Waals surface area (Å²) in [7, 11) is 0. The topological polar surface area (TPSA) is 72.9 Å². The summed E-state index contributed by atoms with van der Waals surface area (Å²) in [6, 6.07) is 11.3. The van der Waals surface area contributed by atoms with Gasteiger partial charge in [0.15, 0.2) is 5.82 Å². The molecule has 118 valence electrons. The number of carbonyl (C=O) groups is 1. The lowest BCUT2D eigenvalue weighted by atomic mass is 10.1. The van der Waals surface area contributed by atoms with E-state index in [1.807, 2.05) is 30.3 Å². The lowest BCUT2D eigenvalue weighted by Gasteiger charge is -2.03. The fourth-order valence-electron chi connectivity index (χ4n) is 2.33. The van der Waals surface area contributed by atoms with Crippen LogP contribution in [0.25, 0.3) is 5.69 Å². The summed E-state index contributed by atoms with van der Waals surface area (Å²) < 4.78 is 1.62. The molecule has 0 unspecified atom stereocenters. The van der Waals surface area contributed by atoms with Crippen molar-refractivity contribution in [1.82, 2.24) is 9.78 Å². The van der Waals surface area contributed by atoms with Gasteiger partial charge in [0.25, 0.3) is 0 Å². The van der Waals surface area contributed by atoms with E-state index >= 15 is 0 Å². The van der Waals surface area contributed by atoms with Gasteiger partial charge in [-0.15, -0.1) is 5.10 Å². The highest BCUT2D eigenvalue weighted by Gasteiger charge is 2.09. The molecule has 0 aliphatic heterocycles. The van der Waals surface area contributed by atoms with E-state index in [9.17, 15) is 4.79 Å². The van der Waals surface area contributed by atoms with Crippen LogP contribution in [0.1, 0.15) is 45.4 Å². The molecule has 1 amide bonds. The summed E-state index contributed by atoms with van der Waals surface area (Å²) in [5.74, 6) is 0.999. The number of carbonyl (C=O) groups excluding carboxylic acids is 1. The number of nitrogens with one attached hydrogen (secondary N) is 1. The molecule has 2 aromatic rings. The number of para-hydroxylation sites is 1. The molecule has 1 heterocycles. The summed E-state index contributed by atoms with van der Waals surface area (Å²) in [6.07, 6.45) is 6.19. The van der Waals surface area contributed by atoms with Crippen molar-refractivity contribution in [3.05, 3.63) is 36.4 Å². The molecule has 0 aliphatic carbocycles. The van der Waals surface area contributed by atoms with E-state index in [2.05, 4.69) is 17.3 Å². The standard InChI is InChI=1S/C17H24N4O/c1-2-3-4-5-9-12-17(22)19-16-13-15(18)21(20-16)14-10-7-6-8-11-14/h6-8,10-11,13H,2-5,9,12,18H2,1H3,(H,19,20,22). The fourth-order valence-corrected chi connectivity index (χ4v) is 2.33. The Kier molecular flexibility index (Phi) is 6.01. The summed E-state index contributed by atoms with van der Waals surface area (Å²) in [6.45, 7) is 2.18. The zero-order valence-electron chi connectivity index (χ0n) is 13.1. The van der Waals surface area contributed by atoms with E-state index < -0.39 is 0 Å². The summed E-state index contributed by atoms with van der Waals surface area (Å²) in [4.78, 5) is 11.9. The zero-order valence-corrected chi connectivity index (χ0v) is 13.1. The number of amides is 1. The first-order valence-corrected chi connectivity index (χ1v) is 7.91. The van der Waals surface area contributed by atoms with Gasteiger partial charge in [-0.3, -0.25) is 4.79 Å². The third-order valence-electron chi connectivity index (χ3n) is 3.51. The summed E-state index contributed by atoms with van der Waals surface area (Å²) >= 11 is 0. The van der Waals surface area contributed by atoms with Crippen LogP contribution in [0.4, 0.5) is 11.6 Å². The molecule has 0 atom stereocenters. The Hall–Kier alpha value is -2.30. The minimum atomic E-state index is -0.00536. The van der Waals surface area contributed by atoms with Crippen molar-refractivity contribution in [1.29, 1.82) is 0 Å². The number of nitrogens with two attached hydrogens (primary N) is 1. The lowest BCUT2D eigenvalue weighted by molar-refractivity contribution is -0.116. The average molecular weight is 300 g/mol. The second-order valence-corrected chi connectivity index (χ2v) is 5.41. The molecular formula is C17H24N4O. The first-order chi connectivity index (χ1) is 10.7. The fraction of sp³-hybridized carbons (Fsp3) is 0.412. The maximum absolute atomic E-state index is 11.9. The van der Waals surface area contributed by atoms with Gasteiger partial charge in [-0.25, -0.2) is 4.68 Å². The van der Waals surface area contributed by atoms with Crippen LogP contribution in [0.2, 0.25) is 0 Å². The molecule has 0 fully saturated rings. The highest BCUT2D eigenvalue weighted by Crippen LogP contribution is 2.17. The quantitative estimate of drug-likeness (QED) is 0.729. The summed E-state index contributed by atoms with van der Waals surface area (Å²) in [5, 5.41) is 7.15. The maximum Gasteiger partial charge on any atom is 0.225 e. The second kappa shape index (κ2) is 8.22. The van der Waals surface area contributed by atoms with Crippen LogP contribution in [-0.2, 0) is 4.79 Å². The molecule has 5 nitrogen and oxygen atoms in total. The number of nitrogen functional groups attached to an aromatic ring is 1. The molecule has 0 aliphatic rings. The maximum atomic E-state index is 11.9. The number of aromatic nitrogens is 2. The van der Waals surface area contributed by atoms with Crippen LogP contribution in [0.5, 0.6) is 0 Å². The van der Waals surface area contributed by atoms with Gasteiger partial charge >= 0.3 is 0 Å². The molecule has 0 spiro atoms. The number of nitrogens with zero attached hydrogens (tertiary/aromatic N) is 2. The average Bonchev–Trinajstić information content (AvgIpc) is 2.88. The highest BCUT2D eigenvalue weighted by molar-refractivity contribution is 5.90. The van der Waals surface area contributed by atoms with Crippen molar-refractivity contribution in [2.45, 2.75) is 45.4 Å². The van der Waals surface area contributed by atoms with Crippen molar-refractivity contribution in [3.63, 3.8) is 0 Å². The molecule has 0 saturated carbocycles. The monoisotopic (exact) mass is 300 g/mol. The van der Waals surface area contributed by atoms with Crippen LogP contribution >= 0.6 is 0 Å². The van der Waals surface area contributed by atoms with Crippen molar-refractivity contribution >= 4 is 17.5 Å². The molecular weight excluding hydrogens is 276 g/mol. The molecule has 22 heavy (non-hydrogen) atoms. The largest absolute Gasteiger partial charge is 0.384 e. The van der Waals surface area contributed by atoms with Gasteiger partial charge in [-0.05, 0) is 18.6 Å². The smallest absolute Gasteiger partial charge is 0.225 e. The summed E-state index contributed by atoms with van der Waals surface area (Å²) in [5.41, 5.74) is 6.83. The molecule has 0 saturated heterocycles. The Bertz CT molecular complexity index is 592. The Morgan fingerprint density at radius 3 is 2.64 bits per heavy atom. The number of benzene rings is 1. The Balaban J connectivity index is 1.87. The molecule has 0 bridgehead atoms. The van der Waals surface area contributed by atoms with Gasteiger partial charge in [-0.1, -0.05) is 50.8 Å². The minimum absolute atomic E-state index is 0.00536. The highest BCUT2D eigenvalue weighted by atomic mass is 16.1. The Labute approximate surface area is 131 Å². The third kappa shape index (κ3) is 4.62. The first kappa shape index (κ1) is 16.1.